The molecule has 1 fully saturated rings. The fourth-order valence-electron chi connectivity index (χ4n) is 5.26. The Morgan fingerprint density at radius 2 is 1.92 bits per heavy atom. The number of nitrogens with one attached hydrogen (secondary N) is 1. The number of nitrogens with two attached hydrogens (primary N) is 1. The van der Waals surface area contributed by atoms with Gasteiger partial charge in [-0.05, 0) is 61.6 Å². The number of primary amides is 1. The van der Waals surface area contributed by atoms with Gasteiger partial charge < -0.3 is 21.0 Å². The Labute approximate surface area is 206 Å². The van der Waals surface area contributed by atoms with Crippen LogP contribution in [-0.2, 0) is 17.4 Å². The molecule has 1 unspecified atom stereocenters. The molecule has 4 rings (SSSR count). The second-order valence-electron chi connectivity index (χ2n) is 10.5. The number of carbonyl (C=O) groups excluding carboxylic acids is 3. The van der Waals surface area contributed by atoms with Gasteiger partial charge in [0.05, 0.1) is 34.7 Å². The first-order chi connectivity index (χ1) is 16.8. The first-order valence-electron chi connectivity index (χ1n) is 11.9. The van der Waals surface area contributed by atoms with Crippen LogP contribution < -0.4 is 11.1 Å². The number of nitrogens with zero attached hydrogens (tertiary/aromatic N) is 2. The SMILES string of the molecule is CC1(C)CC(=O)c2c(C(F)(F)F)nn(-c3ccc(C(N)=O)c(NC(C=O)C4CCC(O)CC4)c3)c2C1. The highest BCUT2D eigenvalue weighted by Crippen LogP contribution is 2.42. The molecule has 8 nitrogen and oxygen atoms in total. The lowest BCUT2D eigenvalue weighted by Gasteiger charge is -2.31. The van der Waals surface area contributed by atoms with Crippen molar-refractivity contribution in [2.75, 3.05) is 5.32 Å². The summed E-state index contributed by atoms with van der Waals surface area (Å²) in [6.07, 6.45) is -2.07. The molecule has 36 heavy (non-hydrogen) atoms. The smallest absolute Gasteiger partial charge is 0.393 e. The molecule has 0 spiro atoms. The molecule has 0 aliphatic heterocycles. The Hall–Kier alpha value is -3.21. The minimum absolute atomic E-state index is 0.0285. The van der Waals surface area contributed by atoms with Crippen LogP contribution in [0.15, 0.2) is 18.2 Å². The van der Waals surface area contributed by atoms with Crippen molar-refractivity contribution in [3.8, 4) is 5.69 Å². The number of benzene rings is 1. The number of fused-ring (bicyclic) bond motifs is 1. The Balaban J connectivity index is 1.79. The Morgan fingerprint density at radius 1 is 1.25 bits per heavy atom. The molecule has 1 aromatic carbocycles. The van der Waals surface area contributed by atoms with Crippen LogP contribution in [0.1, 0.15) is 78.1 Å². The van der Waals surface area contributed by atoms with Crippen LogP contribution >= 0.6 is 0 Å². The Morgan fingerprint density at radius 3 is 2.50 bits per heavy atom. The number of hydrogen-bond donors (Lipinski definition) is 3. The summed E-state index contributed by atoms with van der Waals surface area (Å²) in [4.78, 5) is 36.7. The second kappa shape index (κ2) is 9.34. The summed E-state index contributed by atoms with van der Waals surface area (Å²) in [6.45, 7) is 3.61. The van der Waals surface area contributed by atoms with Crippen LogP contribution in [0.2, 0.25) is 0 Å². The number of Topliss-reactive ketones (excluding diaryl/α,β-unsaturated/α-hetero) is 1. The molecule has 0 radical (unpaired) electrons. The van der Waals surface area contributed by atoms with Crippen molar-refractivity contribution in [1.29, 1.82) is 0 Å². The maximum atomic E-state index is 13.8. The first-order valence-corrected chi connectivity index (χ1v) is 11.9. The highest BCUT2D eigenvalue weighted by molar-refractivity contribution is 6.01. The molecule has 2 aliphatic carbocycles. The van der Waals surface area contributed by atoms with E-state index in [-0.39, 0.29) is 41.4 Å². The molecular weight excluding hydrogens is 477 g/mol. The third-order valence-electron chi connectivity index (χ3n) is 7.04. The number of halogens is 3. The van der Waals surface area contributed by atoms with E-state index in [0.29, 0.717) is 25.7 Å². The van der Waals surface area contributed by atoms with Crippen molar-refractivity contribution < 1.29 is 32.7 Å². The Kier molecular flexibility index (Phi) is 6.72. The Bertz CT molecular complexity index is 1200. The minimum Gasteiger partial charge on any atom is -0.393 e. The van der Waals surface area contributed by atoms with Gasteiger partial charge in [0.15, 0.2) is 11.5 Å². The highest BCUT2D eigenvalue weighted by Gasteiger charge is 2.45. The topological polar surface area (TPSA) is 127 Å². The molecular formula is C25H29F3N4O4. The summed E-state index contributed by atoms with van der Waals surface area (Å²) in [5.41, 5.74) is 3.89. The van der Waals surface area contributed by atoms with Crippen LogP contribution in [0, 0.1) is 11.3 Å². The zero-order valence-corrected chi connectivity index (χ0v) is 20.1. The number of aldehydes is 1. The van der Waals surface area contributed by atoms with E-state index in [9.17, 15) is 32.7 Å². The zero-order chi connectivity index (χ0) is 26.4. The van der Waals surface area contributed by atoms with Crippen molar-refractivity contribution in [3.05, 3.63) is 40.7 Å². The third kappa shape index (κ3) is 5.02. The molecule has 2 aliphatic rings. The van der Waals surface area contributed by atoms with Gasteiger partial charge in [-0.1, -0.05) is 13.8 Å². The van der Waals surface area contributed by atoms with Gasteiger partial charge >= 0.3 is 6.18 Å². The molecule has 2 aromatic rings. The number of amides is 1. The molecule has 194 valence electrons. The van der Waals surface area contributed by atoms with Crippen LogP contribution in [0.3, 0.4) is 0 Å². The lowest BCUT2D eigenvalue weighted by atomic mass is 9.75. The van der Waals surface area contributed by atoms with Gasteiger partial charge in [-0.3, -0.25) is 9.59 Å². The molecule has 1 aromatic heterocycles. The standard InChI is InChI=1S/C25H29F3N4O4/c1-24(2)10-19-21(20(35)11-24)22(25(26,27)28)31-32(19)14-5-8-16(23(29)36)17(9-14)30-18(12-33)13-3-6-15(34)7-4-13/h5,8-9,12-13,15,18,30,34H,3-4,6-7,10-11H2,1-2H3,(H2,29,36). The number of aliphatic hydroxyl groups excluding tert-OH is 1. The number of carbonyl (C=O) groups is 3. The number of aliphatic hydroxyl groups is 1. The molecule has 1 amide bonds. The average Bonchev–Trinajstić information content (AvgIpc) is 3.17. The van der Waals surface area contributed by atoms with Gasteiger partial charge in [-0.2, -0.15) is 18.3 Å². The molecule has 4 N–H and O–H groups in total. The molecule has 1 heterocycles. The van der Waals surface area contributed by atoms with E-state index >= 15 is 0 Å². The van der Waals surface area contributed by atoms with Crippen LogP contribution in [0.25, 0.3) is 5.69 Å². The van der Waals surface area contributed by atoms with E-state index in [1.54, 1.807) is 13.8 Å². The maximum absolute atomic E-state index is 13.8. The second-order valence-corrected chi connectivity index (χ2v) is 10.5. The lowest BCUT2D eigenvalue weighted by molar-refractivity contribution is -0.141. The van der Waals surface area contributed by atoms with Gasteiger partial charge in [0.1, 0.15) is 6.29 Å². The van der Waals surface area contributed by atoms with Crippen LogP contribution in [0.4, 0.5) is 18.9 Å². The number of rotatable bonds is 6. The number of alkyl halides is 3. The number of aromatic nitrogens is 2. The number of hydrogen-bond acceptors (Lipinski definition) is 6. The molecule has 0 saturated heterocycles. The maximum Gasteiger partial charge on any atom is 0.435 e. The molecule has 1 saturated carbocycles. The van der Waals surface area contributed by atoms with Gasteiger partial charge in [-0.15, -0.1) is 0 Å². The van der Waals surface area contributed by atoms with Crippen molar-refractivity contribution in [2.24, 2.45) is 17.1 Å². The summed E-state index contributed by atoms with van der Waals surface area (Å²) in [5.74, 6) is -1.49. The van der Waals surface area contributed by atoms with Crippen molar-refractivity contribution >= 4 is 23.7 Å². The number of ketones is 1. The van der Waals surface area contributed by atoms with E-state index in [2.05, 4.69) is 10.4 Å². The van der Waals surface area contributed by atoms with Gasteiger partial charge in [0.2, 0.25) is 0 Å². The summed E-state index contributed by atoms with van der Waals surface area (Å²) < 4.78 is 42.5. The predicted molar refractivity (Wildman–Crippen MR) is 125 cm³/mol. The summed E-state index contributed by atoms with van der Waals surface area (Å²) in [7, 11) is 0. The van der Waals surface area contributed by atoms with E-state index in [0.717, 1.165) is 11.0 Å². The van der Waals surface area contributed by atoms with Crippen LogP contribution in [0.5, 0.6) is 0 Å². The van der Waals surface area contributed by atoms with E-state index in [1.807, 2.05) is 0 Å². The van der Waals surface area contributed by atoms with Gasteiger partial charge in [0.25, 0.3) is 5.91 Å². The summed E-state index contributed by atoms with van der Waals surface area (Å²) >= 11 is 0. The normalized spacial score (nSPS) is 22.6. The third-order valence-corrected chi connectivity index (χ3v) is 7.04. The number of anilines is 1. The monoisotopic (exact) mass is 506 g/mol. The quantitative estimate of drug-likeness (QED) is 0.513. The fourth-order valence-corrected chi connectivity index (χ4v) is 5.26. The van der Waals surface area contributed by atoms with Crippen molar-refractivity contribution in [2.45, 2.75) is 70.7 Å². The zero-order valence-electron chi connectivity index (χ0n) is 20.1. The summed E-state index contributed by atoms with van der Waals surface area (Å²) in [5, 5.41) is 16.6. The van der Waals surface area contributed by atoms with Gasteiger partial charge in [-0.25, -0.2) is 4.68 Å². The molecule has 11 heteroatoms. The van der Waals surface area contributed by atoms with E-state index < -0.39 is 46.7 Å². The summed E-state index contributed by atoms with van der Waals surface area (Å²) in [6, 6.07) is 3.51. The lowest BCUT2D eigenvalue weighted by Crippen LogP contribution is -2.35. The highest BCUT2D eigenvalue weighted by atomic mass is 19.4. The van der Waals surface area contributed by atoms with E-state index in [4.69, 9.17) is 5.73 Å². The average molecular weight is 507 g/mol. The molecule has 1 atom stereocenters. The minimum atomic E-state index is -4.82. The van der Waals surface area contributed by atoms with Gasteiger partial charge in [0, 0.05) is 12.1 Å². The fraction of sp³-hybridized carbons (Fsp3) is 0.520. The van der Waals surface area contributed by atoms with E-state index in [1.165, 1.54) is 18.2 Å². The van der Waals surface area contributed by atoms with Crippen LogP contribution in [-0.4, -0.2) is 45.0 Å². The predicted octanol–water partition coefficient (Wildman–Crippen LogP) is 3.68. The van der Waals surface area contributed by atoms with Crippen molar-refractivity contribution in [1.82, 2.24) is 9.78 Å². The van der Waals surface area contributed by atoms with Crippen molar-refractivity contribution in [3.63, 3.8) is 0 Å². The first kappa shape index (κ1) is 25.9. The molecule has 0 bridgehead atoms. The largest absolute Gasteiger partial charge is 0.435 e.